The monoisotopic (exact) mass is 440 g/mol. The van der Waals surface area contributed by atoms with E-state index in [9.17, 15) is 9.59 Å². The molecular weight excluding hydrogens is 424 g/mol. The largest absolute Gasteiger partial charge is 0.496 e. The maximum absolute atomic E-state index is 13.0. The predicted octanol–water partition coefficient (Wildman–Crippen LogP) is 3.46. The number of nitrogens with zero attached hydrogens (tertiary/aromatic N) is 3. The number of methoxy groups -OCH3 is 1. The number of carbonyl (C=O) groups excluding carboxylic acids is 2. The fourth-order valence-corrected chi connectivity index (χ4v) is 4.41. The number of carbonyl (C=O) groups is 2. The normalized spacial score (nSPS) is 16.3. The van der Waals surface area contributed by atoms with Crippen molar-refractivity contribution in [2.24, 2.45) is 0 Å². The average molecular weight is 441 g/mol. The van der Waals surface area contributed by atoms with Gasteiger partial charge in [-0.2, -0.15) is 0 Å². The number of para-hydroxylation sites is 1. The van der Waals surface area contributed by atoms with Gasteiger partial charge in [0, 0.05) is 5.56 Å². The highest BCUT2D eigenvalue weighted by molar-refractivity contribution is 8.26. The van der Waals surface area contributed by atoms with Crippen LogP contribution in [0.25, 0.3) is 17.1 Å². The van der Waals surface area contributed by atoms with Crippen molar-refractivity contribution in [1.82, 2.24) is 15.2 Å². The Bertz CT molecular complexity index is 1190. The number of amides is 2. The molecule has 1 aliphatic heterocycles. The zero-order chi connectivity index (χ0) is 21.3. The Labute approximate surface area is 181 Å². The molecule has 2 heterocycles. The van der Waals surface area contributed by atoms with Crippen LogP contribution in [0.1, 0.15) is 12.5 Å². The van der Waals surface area contributed by atoms with E-state index in [2.05, 4.69) is 15.6 Å². The summed E-state index contributed by atoms with van der Waals surface area (Å²) < 4.78 is 10.4. The van der Waals surface area contributed by atoms with Crippen LogP contribution in [-0.2, 0) is 9.59 Å². The number of benzene rings is 2. The molecule has 8 nitrogen and oxygen atoms in total. The van der Waals surface area contributed by atoms with Crippen molar-refractivity contribution in [2.75, 3.05) is 12.4 Å². The van der Waals surface area contributed by atoms with Gasteiger partial charge in [0.25, 0.3) is 5.91 Å². The molecular formula is C20H16N4O4S2. The number of thiocarbonyl (C=S) groups is 1. The van der Waals surface area contributed by atoms with Crippen molar-refractivity contribution >= 4 is 62.9 Å². The third-order valence-electron chi connectivity index (χ3n) is 4.56. The molecule has 30 heavy (non-hydrogen) atoms. The molecule has 1 atom stereocenters. The number of fused-ring (bicyclic) bond motifs is 1. The molecule has 0 spiro atoms. The minimum Gasteiger partial charge on any atom is -0.496 e. The minimum absolute atomic E-state index is 0.310. The molecule has 0 radical (unpaired) electrons. The highest BCUT2D eigenvalue weighted by Gasteiger charge is 2.38. The zero-order valence-electron chi connectivity index (χ0n) is 16.0. The van der Waals surface area contributed by atoms with E-state index >= 15 is 0 Å². The van der Waals surface area contributed by atoms with Crippen LogP contribution < -0.4 is 10.1 Å². The van der Waals surface area contributed by atoms with Gasteiger partial charge in [0.1, 0.15) is 21.6 Å². The fraction of sp³-hybridized carbons (Fsp3) is 0.150. The number of aromatic nitrogens is 2. The lowest BCUT2D eigenvalue weighted by Gasteiger charge is -2.22. The maximum atomic E-state index is 13.0. The first-order valence-corrected chi connectivity index (χ1v) is 10.1. The third kappa shape index (κ3) is 3.66. The van der Waals surface area contributed by atoms with Gasteiger partial charge in [0.05, 0.1) is 17.7 Å². The molecule has 1 fully saturated rings. The van der Waals surface area contributed by atoms with Crippen LogP contribution in [0.2, 0.25) is 0 Å². The molecule has 2 aromatic carbocycles. The van der Waals surface area contributed by atoms with Crippen LogP contribution >= 0.6 is 24.0 Å². The lowest BCUT2D eigenvalue weighted by atomic mass is 10.1. The highest BCUT2D eigenvalue weighted by Crippen LogP contribution is 2.35. The summed E-state index contributed by atoms with van der Waals surface area (Å²) in [5.74, 6) is -0.0944. The summed E-state index contributed by atoms with van der Waals surface area (Å²) in [5, 5.41) is 10.3. The number of anilines is 1. The zero-order valence-corrected chi connectivity index (χ0v) is 17.6. The van der Waals surface area contributed by atoms with Crippen LogP contribution in [0.3, 0.4) is 0 Å². The first kappa shape index (κ1) is 20.0. The summed E-state index contributed by atoms with van der Waals surface area (Å²) in [6.07, 6.45) is 1.71. The number of thioether (sulfide) groups is 1. The van der Waals surface area contributed by atoms with Crippen molar-refractivity contribution in [3.8, 4) is 5.75 Å². The predicted molar refractivity (Wildman–Crippen MR) is 118 cm³/mol. The standard InChI is InChI=1S/C20H16N4O4S2/c1-11(18(25)21-13-7-5-8-14-17(13)23-28-22-14)24-19(26)16(30-20(24)29)10-12-6-3-4-9-15(12)27-2/h3-11H,1-2H3,(H,21,25). The minimum atomic E-state index is -0.823. The first-order valence-electron chi connectivity index (χ1n) is 8.92. The molecule has 0 saturated carbocycles. The number of ether oxygens (including phenoxy) is 1. The van der Waals surface area contributed by atoms with Crippen molar-refractivity contribution < 1.29 is 19.0 Å². The average Bonchev–Trinajstić information content (AvgIpc) is 3.33. The second-order valence-electron chi connectivity index (χ2n) is 6.40. The van der Waals surface area contributed by atoms with Crippen LogP contribution in [0, 0.1) is 0 Å². The van der Waals surface area contributed by atoms with E-state index in [-0.39, 0.29) is 5.91 Å². The first-order chi connectivity index (χ1) is 14.5. The molecule has 1 aromatic heterocycles. The summed E-state index contributed by atoms with van der Waals surface area (Å²) in [7, 11) is 1.56. The second-order valence-corrected chi connectivity index (χ2v) is 8.07. The van der Waals surface area contributed by atoms with Crippen LogP contribution in [0.15, 0.2) is 52.0 Å². The van der Waals surface area contributed by atoms with E-state index in [4.69, 9.17) is 21.6 Å². The molecule has 2 amide bonds. The van der Waals surface area contributed by atoms with Crippen molar-refractivity contribution in [3.05, 3.63) is 52.9 Å². The number of nitrogens with one attached hydrogen (secondary N) is 1. The molecule has 1 N–H and O–H groups in total. The fourth-order valence-electron chi connectivity index (χ4n) is 3.00. The van der Waals surface area contributed by atoms with Gasteiger partial charge in [0.2, 0.25) is 5.91 Å². The quantitative estimate of drug-likeness (QED) is 0.476. The lowest BCUT2D eigenvalue weighted by molar-refractivity contribution is -0.129. The smallest absolute Gasteiger partial charge is 0.266 e. The number of hydrogen-bond donors (Lipinski definition) is 1. The third-order valence-corrected chi connectivity index (χ3v) is 5.89. The maximum Gasteiger partial charge on any atom is 0.266 e. The van der Waals surface area contributed by atoms with Gasteiger partial charge in [-0.05, 0) is 41.5 Å². The Hall–Kier alpha value is -3.24. The van der Waals surface area contributed by atoms with E-state index in [1.165, 1.54) is 4.90 Å². The molecule has 0 aliphatic carbocycles. The van der Waals surface area contributed by atoms with E-state index in [1.807, 2.05) is 24.3 Å². The van der Waals surface area contributed by atoms with Gasteiger partial charge in [0.15, 0.2) is 5.52 Å². The Morgan fingerprint density at radius 2 is 2.07 bits per heavy atom. The van der Waals surface area contributed by atoms with Crippen molar-refractivity contribution in [1.29, 1.82) is 0 Å². The Kier molecular flexibility index (Phi) is 5.51. The Morgan fingerprint density at radius 1 is 1.27 bits per heavy atom. The molecule has 152 valence electrons. The molecule has 10 heteroatoms. The van der Waals surface area contributed by atoms with Gasteiger partial charge in [-0.25, -0.2) is 4.63 Å². The number of hydrogen-bond acceptors (Lipinski definition) is 8. The summed E-state index contributed by atoms with van der Waals surface area (Å²) in [6.45, 7) is 1.62. The van der Waals surface area contributed by atoms with Gasteiger partial charge < -0.3 is 10.1 Å². The van der Waals surface area contributed by atoms with Gasteiger partial charge >= 0.3 is 0 Å². The Balaban J connectivity index is 1.55. The molecule has 4 rings (SSSR count). The van der Waals surface area contributed by atoms with Gasteiger partial charge in [-0.15, -0.1) is 0 Å². The van der Waals surface area contributed by atoms with E-state index in [0.29, 0.717) is 31.7 Å². The van der Waals surface area contributed by atoms with Crippen LogP contribution in [0.4, 0.5) is 5.69 Å². The van der Waals surface area contributed by atoms with Gasteiger partial charge in [-0.3, -0.25) is 14.5 Å². The number of rotatable bonds is 5. The summed E-state index contributed by atoms with van der Waals surface area (Å²) in [4.78, 5) is 27.5. The summed E-state index contributed by atoms with van der Waals surface area (Å²) >= 11 is 6.52. The molecule has 1 unspecified atom stereocenters. The van der Waals surface area contributed by atoms with E-state index in [0.717, 1.165) is 17.3 Å². The SMILES string of the molecule is COc1ccccc1C=C1SC(=S)N(C(C)C(=O)Nc2cccc3nonc23)C1=O. The lowest BCUT2D eigenvalue weighted by Crippen LogP contribution is -2.44. The van der Waals surface area contributed by atoms with E-state index < -0.39 is 11.9 Å². The highest BCUT2D eigenvalue weighted by atomic mass is 32.2. The topological polar surface area (TPSA) is 97.6 Å². The van der Waals surface area contributed by atoms with Crippen molar-refractivity contribution in [3.63, 3.8) is 0 Å². The molecule has 1 aliphatic rings. The van der Waals surface area contributed by atoms with Crippen LogP contribution in [-0.4, -0.2) is 44.5 Å². The summed E-state index contributed by atoms with van der Waals surface area (Å²) in [6, 6.07) is 11.6. The van der Waals surface area contributed by atoms with Crippen LogP contribution in [0.5, 0.6) is 5.75 Å². The summed E-state index contributed by atoms with van der Waals surface area (Å²) in [5.41, 5.74) is 2.15. The Morgan fingerprint density at radius 3 is 2.87 bits per heavy atom. The van der Waals surface area contributed by atoms with E-state index in [1.54, 1.807) is 38.3 Å². The molecule has 1 saturated heterocycles. The molecule has 0 bridgehead atoms. The van der Waals surface area contributed by atoms with Gasteiger partial charge in [-0.1, -0.05) is 48.2 Å². The molecule has 3 aromatic rings. The van der Waals surface area contributed by atoms with Crippen molar-refractivity contribution in [2.45, 2.75) is 13.0 Å². The second kappa shape index (κ2) is 8.25.